The molecule has 0 fully saturated rings. The highest BCUT2D eigenvalue weighted by Crippen LogP contribution is 2.35. The number of carboxylic acid groups (broad SMARTS) is 1. The van der Waals surface area contributed by atoms with Gasteiger partial charge in [0.1, 0.15) is 6.61 Å². The summed E-state index contributed by atoms with van der Waals surface area (Å²) in [7, 11) is 1.44. The Hall–Kier alpha value is -2.49. The fourth-order valence-corrected chi connectivity index (χ4v) is 2.60. The van der Waals surface area contributed by atoms with Gasteiger partial charge in [0.15, 0.2) is 11.5 Å². The number of hydrogen-bond donors (Lipinski definition) is 0. The van der Waals surface area contributed by atoms with Gasteiger partial charge in [-0.05, 0) is 41.5 Å². The molecule has 7 heteroatoms. The van der Waals surface area contributed by atoms with Gasteiger partial charge in [0, 0.05) is 9.50 Å². The Balaban J connectivity index is 2.42. The van der Waals surface area contributed by atoms with Gasteiger partial charge in [0.25, 0.3) is 0 Å². The standard InChI is InChI=1S/C18H13BrClNO4/c1-24-16-7-12(15(19)8-17(16)25-10-18(22)23)6-13(9-21)11-2-4-14(20)5-3-11/h2-8H,10H2,1H3,(H,22,23)/p-1/b13-6-. The van der Waals surface area contributed by atoms with Crippen molar-refractivity contribution in [1.29, 1.82) is 5.26 Å². The van der Waals surface area contributed by atoms with Gasteiger partial charge in [-0.1, -0.05) is 39.7 Å². The first-order valence-corrected chi connectivity index (χ1v) is 8.19. The largest absolute Gasteiger partial charge is 0.546 e. The fraction of sp³-hybridized carbons (Fsp3) is 0.111. The molecule has 0 atom stereocenters. The maximum atomic E-state index is 10.5. The van der Waals surface area contributed by atoms with E-state index in [1.54, 1.807) is 42.5 Å². The predicted octanol–water partition coefficient (Wildman–Crippen LogP) is 3.30. The van der Waals surface area contributed by atoms with Crippen molar-refractivity contribution in [3.8, 4) is 17.6 Å². The van der Waals surface area contributed by atoms with E-state index in [0.29, 0.717) is 26.4 Å². The van der Waals surface area contributed by atoms with Gasteiger partial charge in [-0.3, -0.25) is 0 Å². The summed E-state index contributed by atoms with van der Waals surface area (Å²) in [6, 6.07) is 12.3. The zero-order chi connectivity index (χ0) is 18.4. The number of allylic oxidation sites excluding steroid dienone is 1. The van der Waals surface area contributed by atoms with Crippen LogP contribution in [0.15, 0.2) is 40.9 Å². The minimum absolute atomic E-state index is 0.251. The number of hydrogen-bond acceptors (Lipinski definition) is 5. The maximum absolute atomic E-state index is 10.5. The van der Waals surface area contributed by atoms with Gasteiger partial charge in [0.2, 0.25) is 0 Å². The molecule has 0 N–H and O–H groups in total. The van der Waals surface area contributed by atoms with Crippen molar-refractivity contribution in [2.24, 2.45) is 0 Å². The molecule has 0 aromatic heterocycles. The van der Waals surface area contributed by atoms with Crippen molar-refractivity contribution in [3.05, 3.63) is 57.0 Å². The van der Waals surface area contributed by atoms with Crippen LogP contribution in [0.5, 0.6) is 11.5 Å². The van der Waals surface area contributed by atoms with Gasteiger partial charge < -0.3 is 19.4 Å². The molecule has 0 aliphatic heterocycles. The first-order chi connectivity index (χ1) is 11.9. The highest BCUT2D eigenvalue weighted by molar-refractivity contribution is 9.10. The molecular formula is C18H12BrClNO4-. The maximum Gasteiger partial charge on any atom is 0.162 e. The summed E-state index contributed by atoms with van der Waals surface area (Å²) in [4.78, 5) is 10.5. The van der Waals surface area contributed by atoms with Crippen molar-refractivity contribution in [3.63, 3.8) is 0 Å². The highest BCUT2D eigenvalue weighted by Gasteiger charge is 2.11. The Kier molecular flexibility index (Phi) is 6.45. The van der Waals surface area contributed by atoms with E-state index >= 15 is 0 Å². The topological polar surface area (TPSA) is 82.4 Å². The van der Waals surface area contributed by atoms with Crippen LogP contribution in [0.2, 0.25) is 5.02 Å². The van der Waals surface area contributed by atoms with Gasteiger partial charge in [-0.2, -0.15) is 5.26 Å². The van der Waals surface area contributed by atoms with Gasteiger partial charge in [-0.25, -0.2) is 0 Å². The smallest absolute Gasteiger partial charge is 0.162 e. The van der Waals surface area contributed by atoms with Crippen molar-refractivity contribution in [2.75, 3.05) is 13.7 Å². The monoisotopic (exact) mass is 420 g/mol. The van der Waals surface area contributed by atoms with Crippen LogP contribution < -0.4 is 14.6 Å². The van der Waals surface area contributed by atoms with Crippen LogP contribution in [-0.2, 0) is 4.79 Å². The summed E-state index contributed by atoms with van der Waals surface area (Å²) < 4.78 is 11.0. The molecule has 128 valence electrons. The van der Waals surface area contributed by atoms with Crippen molar-refractivity contribution in [2.45, 2.75) is 0 Å². The molecule has 5 nitrogen and oxygen atoms in total. The van der Waals surface area contributed by atoms with Crippen LogP contribution in [0.1, 0.15) is 11.1 Å². The second-order valence-electron chi connectivity index (χ2n) is 4.86. The summed E-state index contributed by atoms with van der Waals surface area (Å²) in [6.45, 7) is -0.591. The average molecular weight is 422 g/mol. The van der Waals surface area contributed by atoms with E-state index in [1.165, 1.54) is 7.11 Å². The number of benzene rings is 2. The number of aliphatic carboxylic acids is 1. The third-order valence-electron chi connectivity index (χ3n) is 3.20. The summed E-state index contributed by atoms with van der Waals surface area (Å²) >= 11 is 9.25. The zero-order valence-electron chi connectivity index (χ0n) is 13.1. The molecule has 2 aromatic rings. The minimum atomic E-state index is -1.34. The Bertz CT molecular complexity index is 857. The van der Waals surface area contributed by atoms with Gasteiger partial charge >= 0.3 is 0 Å². The molecule has 0 unspecified atom stereocenters. The number of rotatable bonds is 6. The van der Waals surface area contributed by atoms with Crippen LogP contribution >= 0.6 is 27.5 Å². The number of methoxy groups -OCH3 is 1. The SMILES string of the molecule is COc1cc(/C=C(/C#N)c2ccc(Cl)cc2)c(Br)cc1OCC(=O)[O-]. The van der Waals surface area contributed by atoms with E-state index in [4.69, 9.17) is 21.1 Å². The van der Waals surface area contributed by atoms with E-state index < -0.39 is 12.6 Å². The lowest BCUT2D eigenvalue weighted by molar-refractivity contribution is -0.307. The van der Waals surface area contributed by atoms with Gasteiger partial charge in [-0.15, -0.1) is 0 Å². The van der Waals surface area contributed by atoms with E-state index in [0.717, 1.165) is 5.56 Å². The van der Waals surface area contributed by atoms with E-state index in [-0.39, 0.29) is 5.75 Å². The van der Waals surface area contributed by atoms with Crippen LogP contribution in [0.3, 0.4) is 0 Å². The lowest BCUT2D eigenvalue weighted by Gasteiger charge is -2.13. The third kappa shape index (κ3) is 4.99. The van der Waals surface area contributed by atoms with Crippen LogP contribution in [0, 0.1) is 11.3 Å². The van der Waals surface area contributed by atoms with Crippen LogP contribution in [-0.4, -0.2) is 19.7 Å². The quantitative estimate of drug-likeness (QED) is 0.528. The number of carboxylic acids is 1. The summed E-state index contributed by atoms with van der Waals surface area (Å²) in [5.41, 5.74) is 1.82. The number of carbonyl (C=O) groups excluding carboxylic acids is 1. The number of nitriles is 1. The van der Waals surface area contributed by atoms with Crippen molar-refractivity contribution in [1.82, 2.24) is 0 Å². The Labute approximate surface area is 158 Å². The van der Waals surface area contributed by atoms with Crippen LogP contribution in [0.4, 0.5) is 0 Å². The summed E-state index contributed by atoms with van der Waals surface area (Å²) in [5.74, 6) is -0.749. The molecule has 0 spiro atoms. The number of carbonyl (C=O) groups is 1. The molecule has 2 rings (SSSR count). The first-order valence-electron chi connectivity index (χ1n) is 7.02. The third-order valence-corrected chi connectivity index (χ3v) is 4.14. The number of ether oxygens (including phenoxy) is 2. The molecule has 25 heavy (non-hydrogen) atoms. The van der Waals surface area contributed by atoms with E-state index in [9.17, 15) is 15.2 Å². The predicted molar refractivity (Wildman–Crippen MR) is 96.1 cm³/mol. The Morgan fingerprint density at radius 3 is 2.56 bits per heavy atom. The lowest BCUT2D eigenvalue weighted by Crippen LogP contribution is -2.29. The molecule has 0 radical (unpaired) electrons. The Morgan fingerprint density at radius 2 is 2.00 bits per heavy atom. The van der Waals surface area contributed by atoms with E-state index in [1.807, 2.05) is 0 Å². The fourth-order valence-electron chi connectivity index (χ4n) is 2.04. The lowest BCUT2D eigenvalue weighted by atomic mass is 10.0. The first kappa shape index (κ1) is 18.8. The second-order valence-corrected chi connectivity index (χ2v) is 6.15. The molecule has 0 aliphatic carbocycles. The zero-order valence-corrected chi connectivity index (χ0v) is 15.4. The summed E-state index contributed by atoms with van der Waals surface area (Å²) in [5, 5.41) is 20.6. The average Bonchev–Trinajstić information content (AvgIpc) is 2.60. The molecular weight excluding hydrogens is 410 g/mol. The highest BCUT2D eigenvalue weighted by atomic mass is 79.9. The number of halogens is 2. The van der Waals surface area contributed by atoms with E-state index in [2.05, 4.69) is 22.0 Å². The molecule has 0 aliphatic rings. The molecule has 2 aromatic carbocycles. The van der Waals surface area contributed by atoms with Crippen molar-refractivity contribution < 1.29 is 19.4 Å². The molecule has 0 bridgehead atoms. The normalized spacial score (nSPS) is 10.9. The molecule has 0 amide bonds. The molecule has 0 heterocycles. The second kappa shape index (κ2) is 8.56. The van der Waals surface area contributed by atoms with Crippen molar-refractivity contribution >= 4 is 45.1 Å². The summed E-state index contributed by atoms with van der Waals surface area (Å²) in [6.07, 6.45) is 1.68. The van der Waals surface area contributed by atoms with Gasteiger partial charge in [0.05, 0.1) is 24.7 Å². The molecule has 0 saturated heterocycles. The Morgan fingerprint density at radius 1 is 1.32 bits per heavy atom. The molecule has 0 saturated carbocycles. The minimum Gasteiger partial charge on any atom is -0.546 e. The number of nitrogens with zero attached hydrogens (tertiary/aromatic N) is 1. The van der Waals surface area contributed by atoms with Crippen LogP contribution in [0.25, 0.3) is 11.6 Å².